The van der Waals surface area contributed by atoms with Crippen LogP contribution in [0.4, 0.5) is 0 Å². The predicted molar refractivity (Wildman–Crippen MR) is 82.2 cm³/mol. The van der Waals surface area contributed by atoms with Crippen LogP contribution >= 0.6 is 12.4 Å². The Morgan fingerprint density at radius 1 is 1.27 bits per heavy atom. The molecule has 0 aliphatic carbocycles. The van der Waals surface area contributed by atoms with Crippen LogP contribution in [0.15, 0.2) is 9.42 Å². The van der Waals surface area contributed by atoms with Crippen molar-refractivity contribution in [2.24, 2.45) is 5.73 Å². The first-order valence-electron chi connectivity index (χ1n) is 6.72. The van der Waals surface area contributed by atoms with E-state index in [0.29, 0.717) is 18.8 Å². The zero-order valence-electron chi connectivity index (χ0n) is 12.8. The summed E-state index contributed by atoms with van der Waals surface area (Å²) in [6, 6.07) is -0.573. The highest BCUT2D eigenvalue weighted by molar-refractivity contribution is 7.89. The number of hydrogen-bond donors (Lipinski definition) is 1. The fraction of sp³-hybridized carbons (Fsp3) is 0.667. The molecule has 126 valence electrons. The highest BCUT2D eigenvalue weighted by atomic mass is 35.5. The second kappa shape index (κ2) is 6.95. The number of nitrogens with zero attached hydrogens (tertiary/aromatic N) is 3. The SMILES string of the molecule is Cc1noc(C)c1S(=O)(=O)N1CCN(C(=O)C(C)N)CC1.Cl. The average Bonchev–Trinajstić information content (AvgIpc) is 2.78. The summed E-state index contributed by atoms with van der Waals surface area (Å²) in [5.74, 6) is 0.117. The number of carbonyl (C=O) groups is 1. The third-order valence-corrected chi connectivity index (χ3v) is 5.65. The summed E-state index contributed by atoms with van der Waals surface area (Å²) in [5.41, 5.74) is 5.91. The van der Waals surface area contributed by atoms with Crippen molar-refractivity contribution in [3.63, 3.8) is 0 Å². The lowest BCUT2D eigenvalue weighted by Gasteiger charge is -2.34. The Hall–Kier alpha value is -1.16. The van der Waals surface area contributed by atoms with E-state index >= 15 is 0 Å². The monoisotopic (exact) mass is 352 g/mol. The largest absolute Gasteiger partial charge is 0.360 e. The first-order chi connectivity index (χ1) is 9.75. The molecule has 0 aromatic carbocycles. The van der Waals surface area contributed by atoms with Crippen LogP contribution in [-0.2, 0) is 14.8 Å². The Morgan fingerprint density at radius 3 is 2.23 bits per heavy atom. The summed E-state index contributed by atoms with van der Waals surface area (Å²) >= 11 is 0. The van der Waals surface area contributed by atoms with Gasteiger partial charge in [-0.25, -0.2) is 8.42 Å². The molecule has 0 radical (unpaired) electrons. The molecule has 8 nitrogen and oxygen atoms in total. The van der Waals surface area contributed by atoms with Gasteiger partial charge < -0.3 is 15.2 Å². The fourth-order valence-electron chi connectivity index (χ4n) is 2.41. The number of halogens is 1. The number of sulfonamides is 1. The molecule has 1 atom stereocenters. The Kier molecular flexibility index (Phi) is 5.96. The molecular formula is C12H21ClN4O4S. The van der Waals surface area contributed by atoms with Crippen LogP contribution in [0.1, 0.15) is 18.4 Å². The number of rotatable bonds is 3. The zero-order valence-corrected chi connectivity index (χ0v) is 14.4. The van der Waals surface area contributed by atoms with Gasteiger partial charge in [-0.05, 0) is 20.8 Å². The maximum absolute atomic E-state index is 12.6. The Morgan fingerprint density at radius 2 is 1.82 bits per heavy atom. The average molecular weight is 353 g/mol. The molecule has 2 rings (SSSR count). The number of amides is 1. The number of piperazine rings is 1. The molecule has 1 fully saturated rings. The van der Waals surface area contributed by atoms with E-state index < -0.39 is 16.1 Å². The molecule has 0 saturated carbocycles. The summed E-state index contributed by atoms with van der Waals surface area (Å²) in [5, 5.41) is 3.68. The standard InChI is InChI=1S/C12H20N4O4S.ClH/c1-8(13)12(17)15-4-6-16(7-5-15)21(18,19)11-9(2)14-20-10(11)3;/h8H,4-7,13H2,1-3H3;1H. The quantitative estimate of drug-likeness (QED) is 0.813. The first kappa shape index (κ1) is 18.9. The van der Waals surface area contributed by atoms with Crippen molar-refractivity contribution in [3.8, 4) is 0 Å². The van der Waals surface area contributed by atoms with Gasteiger partial charge in [0, 0.05) is 26.2 Å². The zero-order chi connectivity index (χ0) is 15.8. The molecule has 1 aromatic heterocycles. The number of aromatic nitrogens is 1. The Balaban J connectivity index is 0.00000242. The van der Waals surface area contributed by atoms with Crippen molar-refractivity contribution >= 4 is 28.3 Å². The van der Waals surface area contributed by atoms with Crippen molar-refractivity contribution in [2.45, 2.75) is 31.7 Å². The summed E-state index contributed by atoms with van der Waals surface area (Å²) in [6.45, 7) is 5.94. The second-order valence-electron chi connectivity index (χ2n) is 5.17. The fourth-order valence-corrected chi connectivity index (χ4v) is 4.12. The molecular weight excluding hydrogens is 332 g/mol. The van der Waals surface area contributed by atoms with Crippen molar-refractivity contribution in [3.05, 3.63) is 11.5 Å². The van der Waals surface area contributed by atoms with Crippen molar-refractivity contribution in [2.75, 3.05) is 26.2 Å². The van der Waals surface area contributed by atoms with Gasteiger partial charge in [-0.3, -0.25) is 4.79 Å². The highest BCUT2D eigenvalue weighted by Gasteiger charge is 2.34. The molecule has 1 aliphatic heterocycles. The molecule has 1 unspecified atom stereocenters. The van der Waals surface area contributed by atoms with Gasteiger partial charge in [-0.2, -0.15) is 4.31 Å². The molecule has 1 aromatic rings. The normalized spacial score (nSPS) is 17.9. The van der Waals surface area contributed by atoms with E-state index in [-0.39, 0.29) is 42.1 Å². The smallest absolute Gasteiger partial charge is 0.248 e. The van der Waals surface area contributed by atoms with Gasteiger partial charge in [0.05, 0.1) is 6.04 Å². The molecule has 2 heterocycles. The Bertz CT molecular complexity index is 616. The summed E-state index contributed by atoms with van der Waals surface area (Å²) in [4.78, 5) is 13.5. The number of carbonyl (C=O) groups excluding carboxylic acids is 1. The number of nitrogens with two attached hydrogens (primary N) is 1. The van der Waals surface area contributed by atoms with Crippen molar-refractivity contribution in [1.82, 2.24) is 14.4 Å². The minimum atomic E-state index is -3.64. The van der Waals surface area contributed by atoms with Crippen LogP contribution in [0.5, 0.6) is 0 Å². The predicted octanol–water partition coefficient (Wildman–Crippen LogP) is -0.107. The molecule has 10 heteroatoms. The third kappa shape index (κ3) is 3.43. The molecule has 1 aliphatic rings. The van der Waals surface area contributed by atoms with E-state index in [1.807, 2.05) is 0 Å². The van der Waals surface area contributed by atoms with Crippen LogP contribution < -0.4 is 5.73 Å². The lowest BCUT2D eigenvalue weighted by molar-refractivity contribution is -0.133. The van der Waals surface area contributed by atoms with Crippen molar-refractivity contribution in [1.29, 1.82) is 0 Å². The summed E-state index contributed by atoms with van der Waals surface area (Å²) < 4.78 is 31.5. The van der Waals surface area contributed by atoms with E-state index in [1.54, 1.807) is 25.7 Å². The molecule has 0 bridgehead atoms. The van der Waals surface area contributed by atoms with Crippen LogP contribution in [0.25, 0.3) is 0 Å². The van der Waals surface area contributed by atoms with E-state index in [1.165, 1.54) is 4.31 Å². The number of aryl methyl sites for hydroxylation is 2. The number of hydrogen-bond acceptors (Lipinski definition) is 6. The van der Waals surface area contributed by atoms with Gasteiger partial charge in [0.1, 0.15) is 10.6 Å². The van der Waals surface area contributed by atoms with Crippen molar-refractivity contribution < 1.29 is 17.7 Å². The lowest BCUT2D eigenvalue weighted by Crippen LogP contribution is -2.53. The van der Waals surface area contributed by atoms with Gasteiger partial charge >= 0.3 is 0 Å². The minimum Gasteiger partial charge on any atom is -0.360 e. The van der Waals surface area contributed by atoms with Gasteiger partial charge in [-0.1, -0.05) is 5.16 Å². The van der Waals surface area contributed by atoms with Gasteiger partial charge in [-0.15, -0.1) is 12.4 Å². The maximum Gasteiger partial charge on any atom is 0.248 e. The third-order valence-electron chi connectivity index (χ3n) is 3.51. The molecule has 2 N–H and O–H groups in total. The van der Waals surface area contributed by atoms with Crippen LogP contribution in [0.2, 0.25) is 0 Å². The summed E-state index contributed by atoms with van der Waals surface area (Å²) in [7, 11) is -3.64. The van der Waals surface area contributed by atoms with Gasteiger partial charge in [0.2, 0.25) is 15.9 Å². The molecule has 0 spiro atoms. The Labute approximate surface area is 136 Å². The molecule has 22 heavy (non-hydrogen) atoms. The van der Waals surface area contributed by atoms with Crippen LogP contribution in [0.3, 0.4) is 0 Å². The van der Waals surface area contributed by atoms with Crippen LogP contribution in [0, 0.1) is 13.8 Å². The minimum absolute atomic E-state index is 0. The van der Waals surface area contributed by atoms with Gasteiger partial charge in [0.15, 0.2) is 5.76 Å². The van der Waals surface area contributed by atoms with E-state index in [9.17, 15) is 13.2 Å². The van der Waals surface area contributed by atoms with Crippen LogP contribution in [-0.4, -0.2) is 60.9 Å². The highest BCUT2D eigenvalue weighted by Crippen LogP contribution is 2.24. The maximum atomic E-state index is 12.6. The first-order valence-corrected chi connectivity index (χ1v) is 8.16. The molecule has 1 saturated heterocycles. The van der Waals surface area contributed by atoms with E-state index in [0.717, 1.165) is 0 Å². The second-order valence-corrected chi connectivity index (χ2v) is 7.05. The van der Waals surface area contributed by atoms with E-state index in [2.05, 4.69) is 5.16 Å². The van der Waals surface area contributed by atoms with E-state index in [4.69, 9.17) is 10.3 Å². The lowest BCUT2D eigenvalue weighted by atomic mass is 10.2. The topological polar surface area (TPSA) is 110 Å². The summed E-state index contributed by atoms with van der Waals surface area (Å²) in [6.07, 6.45) is 0. The van der Waals surface area contributed by atoms with Gasteiger partial charge in [0.25, 0.3) is 0 Å². The molecule has 1 amide bonds.